The molecule has 0 aromatic carbocycles. The highest BCUT2D eigenvalue weighted by Crippen LogP contribution is 2.30. The van der Waals surface area contributed by atoms with Crippen LogP contribution in [0.25, 0.3) is 0 Å². The van der Waals surface area contributed by atoms with Crippen LogP contribution in [0.15, 0.2) is 109 Å². The summed E-state index contributed by atoms with van der Waals surface area (Å²) in [5, 5.41) is 87.5. The second kappa shape index (κ2) is 57.5. The zero-order valence-corrected chi connectivity index (χ0v) is 54.9. The predicted molar refractivity (Wildman–Crippen MR) is 359 cm³/mol. The van der Waals surface area contributed by atoms with Gasteiger partial charge in [-0.1, -0.05) is 277 Å². The molecule has 0 saturated carbocycles. The molecule has 2 aliphatic heterocycles. The first-order valence-electron chi connectivity index (χ1n) is 35.1. The van der Waals surface area contributed by atoms with Gasteiger partial charge in [0.05, 0.1) is 32.0 Å². The average Bonchev–Trinajstić information content (AvgIpc) is 2.07. The smallest absolute Gasteiger partial charge is 0.220 e. The summed E-state index contributed by atoms with van der Waals surface area (Å²) in [7, 11) is 0. The van der Waals surface area contributed by atoms with Gasteiger partial charge in [-0.25, -0.2) is 0 Å². The van der Waals surface area contributed by atoms with Crippen LogP contribution in [-0.4, -0.2) is 140 Å². The van der Waals surface area contributed by atoms with Gasteiger partial charge in [-0.05, 0) is 83.5 Å². The molecule has 0 bridgehead atoms. The molecule has 88 heavy (non-hydrogen) atoms. The van der Waals surface area contributed by atoms with Crippen molar-refractivity contribution in [2.45, 2.75) is 331 Å². The number of ether oxygens (including phenoxy) is 4. The summed E-state index contributed by atoms with van der Waals surface area (Å²) in [4.78, 5) is 13.3. The van der Waals surface area contributed by atoms with E-state index in [4.69, 9.17) is 18.9 Å². The largest absolute Gasteiger partial charge is 0.394 e. The zero-order chi connectivity index (χ0) is 63.8. The van der Waals surface area contributed by atoms with Crippen molar-refractivity contribution in [2.24, 2.45) is 0 Å². The summed E-state index contributed by atoms with van der Waals surface area (Å²) in [6.07, 6.45) is 65.2. The van der Waals surface area contributed by atoms with E-state index in [2.05, 4.69) is 129 Å². The minimum atomic E-state index is -1.79. The molecule has 2 aliphatic rings. The van der Waals surface area contributed by atoms with Gasteiger partial charge >= 0.3 is 0 Å². The molecule has 0 radical (unpaired) electrons. The average molecular weight is 1240 g/mol. The van der Waals surface area contributed by atoms with E-state index in [-0.39, 0.29) is 12.5 Å². The molecule has 0 aromatic rings. The van der Waals surface area contributed by atoms with Crippen LogP contribution in [0.4, 0.5) is 0 Å². The van der Waals surface area contributed by atoms with Crippen LogP contribution in [0.3, 0.4) is 0 Å². The number of nitrogens with one attached hydrogen (secondary N) is 1. The van der Waals surface area contributed by atoms with Crippen LogP contribution in [0, 0.1) is 0 Å². The summed E-state index contributed by atoms with van der Waals surface area (Å²) in [5.74, 6) is -0.216. The fraction of sp³-hybridized carbons (Fsp3) is 0.743. The van der Waals surface area contributed by atoms with E-state index in [1.54, 1.807) is 0 Å². The number of aliphatic hydroxyl groups is 8. The van der Waals surface area contributed by atoms with Crippen LogP contribution in [0.5, 0.6) is 0 Å². The van der Waals surface area contributed by atoms with Gasteiger partial charge in [0, 0.05) is 6.42 Å². The minimum absolute atomic E-state index is 0.216. The third kappa shape index (κ3) is 41.2. The maximum Gasteiger partial charge on any atom is 0.220 e. The van der Waals surface area contributed by atoms with E-state index >= 15 is 0 Å². The van der Waals surface area contributed by atoms with Gasteiger partial charge in [0.2, 0.25) is 5.91 Å². The lowest BCUT2D eigenvalue weighted by Crippen LogP contribution is -2.65. The lowest BCUT2D eigenvalue weighted by molar-refractivity contribution is -0.359. The number of carbonyl (C=O) groups excluding carboxylic acids is 1. The highest BCUT2D eigenvalue weighted by Gasteiger charge is 2.51. The number of carbonyl (C=O) groups is 1. The number of hydrogen-bond donors (Lipinski definition) is 9. The molecule has 12 atom stereocenters. The summed E-state index contributed by atoms with van der Waals surface area (Å²) >= 11 is 0. The number of rotatable bonds is 56. The molecule has 2 fully saturated rings. The zero-order valence-electron chi connectivity index (χ0n) is 54.9. The molecular weight excluding hydrogens is 1110 g/mol. The predicted octanol–water partition coefficient (Wildman–Crippen LogP) is 14.3. The molecule has 1 amide bonds. The summed E-state index contributed by atoms with van der Waals surface area (Å²) in [6, 6.07) is -0.840. The molecule has 2 saturated heterocycles. The van der Waals surface area contributed by atoms with Crippen molar-refractivity contribution < 1.29 is 64.6 Å². The second-order valence-corrected chi connectivity index (χ2v) is 24.3. The summed E-state index contributed by atoms with van der Waals surface area (Å²) in [5.41, 5.74) is 0. The van der Waals surface area contributed by atoms with Crippen LogP contribution in [0.2, 0.25) is 0 Å². The van der Waals surface area contributed by atoms with Gasteiger partial charge in [-0.15, -0.1) is 0 Å². The van der Waals surface area contributed by atoms with Gasteiger partial charge in [-0.2, -0.15) is 0 Å². The standard InChI is InChI=1S/C74H127NO13/c1-3-5-7-9-11-13-15-17-19-21-22-23-24-25-26-27-28-29-30-31-32-33-34-35-36-37-38-39-40-42-44-46-48-50-52-54-56-58-66(79)75-62(63(78)57-55-53-51-49-47-45-43-41-20-18-16-14-12-10-8-6-4-2)61-85-73-71(84)69(82)72(65(60-77)87-73)88-74-70(83)68(81)67(80)64(59-76)86-74/h5,7,11,13,17,19,22-23,25-26,28-29,31-32,34-35,37-38,62-65,67-74,76-78,80-84H,3-4,6,8-10,12,14-16,18,20-21,24,27,30,33,36,39-61H2,1-2H3,(H,75,79)/b7-5-,13-11-,19-17-,23-22-,26-25-,29-28-,32-31-,35-34-,38-37-. The first kappa shape index (κ1) is 80.7. The van der Waals surface area contributed by atoms with Gasteiger partial charge in [0.1, 0.15) is 48.8 Å². The van der Waals surface area contributed by atoms with E-state index in [9.17, 15) is 45.6 Å². The van der Waals surface area contributed by atoms with Crippen molar-refractivity contribution in [1.29, 1.82) is 0 Å². The van der Waals surface area contributed by atoms with Crippen LogP contribution in [0.1, 0.15) is 258 Å². The summed E-state index contributed by atoms with van der Waals surface area (Å²) < 4.78 is 22.9. The van der Waals surface area contributed by atoms with Crippen LogP contribution >= 0.6 is 0 Å². The minimum Gasteiger partial charge on any atom is -0.394 e. The lowest BCUT2D eigenvalue weighted by atomic mass is 9.97. The Bertz CT molecular complexity index is 1890. The third-order valence-electron chi connectivity index (χ3n) is 16.5. The Morgan fingerprint density at radius 1 is 0.420 bits per heavy atom. The van der Waals surface area contributed by atoms with Crippen molar-refractivity contribution >= 4 is 5.91 Å². The van der Waals surface area contributed by atoms with E-state index in [0.29, 0.717) is 19.3 Å². The molecule has 2 rings (SSSR count). The molecule has 0 spiro atoms. The van der Waals surface area contributed by atoms with Crippen molar-refractivity contribution in [2.75, 3.05) is 19.8 Å². The highest BCUT2D eigenvalue weighted by atomic mass is 16.7. The number of aliphatic hydroxyl groups excluding tert-OH is 8. The first-order valence-corrected chi connectivity index (χ1v) is 35.1. The first-order chi connectivity index (χ1) is 43.1. The molecule has 12 unspecified atom stereocenters. The maximum atomic E-state index is 13.3. The fourth-order valence-corrected chi connectivity index (χ4v) is 10.9. The Hall–Kier alpha value is -3.35. The number of amides is 1. The van der Waals surface area contributed by atoms with Crippen molar-refractivity contribution in [3.05, 3.63) is 109 Å². The molecule has 2 heterocycles. The highest BCUT2D eigenvalue weighted by molar-refractivity contribution is 5.76. The van der Waals surface area contributed by atoms with Crippen molar-refractivity contribution in [3.8, 4) is 0 Å². The fourth-order valence-electron chi connectivity index (χ4n) is 10.9. The Kier molecular flexibility index (Phi) is 52.8. The lowest BCUT2D eigenvalue weighted by Gasteiger charge is -2.46. The monoisotopic (exact) mass is 1240 g/mol. The molecule has 0 aromatic heterocycles. The SMILES string of the molecule is CC/C=C\C/C=C\C/C=C\C/C=C\C/C=C\C/C=C\C/C=C\C/C=C\C/C=C\CCCCCCCCCCCC(=O)NC(COC1OC(CO)C(OC2OC(CO)C(O)C(O)C2O)C(O)C1O)C(O)CCCCCCCCCCCCCCCCCCC. The molecule has 9 N–H and O–H groups in total. The van der Waals surface area contributed by atoms with Crippen LogP contribution < -0.4 is 5.32 Å². The number of unbranched alkanes of at least 4 members (excludes halogenated alkanes) is 25. The number of hydrogen-bond acceptors (Lipinski definition) is 13. The Labute approximate surface area is 534 Å². The molecular formula is C74H127NO13. The molecule has 0 aliphatic carbocycles. The van der Waals surface area contributed by atoms with E-state index in [1.807, 2.05) is 0 Å². The summed E-state index contributed by atoms with van der Waals surface area (Å²) in [6.45, 7) is 2.75. The maximum absolute atomic E-state index is 13.3. The number of allylic oxidation sites excluding steroid dienone is 18. The van der Waals surface area contributed by atoms with Gasteiger partial charge in [0.25, 0.3) is 0 Å². The van der Waals surface area contributed by atoms with E-state index in [1.165, 1.54) is 116 Å². The van der Waals surface area contributed by atoms with Gasteiger partial charge in [0.15, 0.2) is 12.6 Å². The van der Waals surface area contributed by atoms with Crippen molar-refractivity contribution in [1.82, 2.24) is 5.32 Å². The van der Waals surface area contributed by atoms with Crippen LogP contribution in [-0.2, 0) is 23.7 Å². The third-order valence-corrected chi connectivity index (χ3v) is 16.5. The Balaban J connectivity index is 1.64. The molecule has 14 nitrogen and oxygen atoms in total. The Morgan fingerprint density at radius 3 is 1.20 bits per heavy atom. The van der Waals surface area contributed by atoms with E-state index < -0.39 is 86.8 Å². The normalized spacial score (nSPS) is 23.8. The quantitative estimate of drug-likeness (QED) is 0.0204. The van der Waals surface area contributed by atoms with Gasteiger partial charge < -0.3 is 65.1 Å². The second-order valence-electron chi connectivity index (χ2n) is 24.3. The van der Waals surface area contributed by atoms with Gasteiger partial charge in [-0.3, -0.25) is 4.79 Å². The van der Waals surface area contributed by atoms with Crippen molar-refractivity contribution in [3.63, 3.8) is 0 Å². The Morgan fingerprint density at radius 2 is 0.784 bits per heavy atom. The molecule has 506 valence electrons. The topological polar surface area (TPSA) is 228 Å². The molecule has 14 heteroatoms. The van der Waals surface area contributed by atoms with E-state index in [0.717, 1.165) is 109 Å².